The molecule has 1 fully saturated rings. The van der Waals surface area contributed by atoms with Gasteiger partial charge in [-0.1, -0.05) is 0 Å². The van der Waals surface area contributed by atoms with Crippen molar-refractivity contribution in [1.82, 2.24) is 0 Å². The van der Waals surface area contributed by atoms with Crippen LogP contribution >= 0.6 is 0 Å². The number of esters is 1. The molecule has 0 radical (unpaired) electrons. The van der Waals surface area contributed by atoms with Crippen molar-refractivity contribution in [2.45, 2.75) is 32.5 Å². The number of epoxide rings is 1. The Hall–Kier alpha value is -0.570. The SMILES string of the molecule is CCOC(=O)[C@@H]1OC1(C)C. The lowest BCUT2D eigenvalue weighted by Gasteiger charge is -1.97. The van der Waals surface area contributed by atoms with E-state index >= 15 is 0 Å². The topological polar surface area (TPSA) is 38.8 Å². The Bertz CT molecular complexity index is 151. The highest BCUT2D eigenvalue weighted by Crippen LogP contribution is 2.35. The number of hydrogen-bond donors (Lipinski definition) is 0. The largest absolute Gasteiger partial charge is 0.464 e. The molecule has 0 aliphatic carbocycles. The smallest absolute Gasteiger partial charge is 0.338 e. The fourth-order valence-electron chi connectivity index (χ4n) is 0.820. The van der Waals surface area contributed by atoms with Crippen molar-refractivity contribution in [3.63, 3.8) is 0 Å². The molecule has 3 nitrogen and oxygen atoms in total. The van der Waals surface area contributed by atoms with Crippen LogP contribution in [0.15, 0.2) is 0 Å². The molecule has 0 amide bonds. The average Bonchev–Trinajstić information content (AvgIpc) is 2.41. The van der Waals surface area contributed by atoms with E-state index in [1.807, 2.05) is 13.8 Å². The van der Waals surface area contributed by atoms with Crippen molar-refractivity contribution in [3.8, 4) is 0 Å². The first-order chi connectivity index (χ1) is 4.58. The number of ether oxygens (including phenoxy) is 2. The standard InChI is InChI=1S/C7H12O3/c1-4-9-6(8)5-7(2,3)10-5/h5H,4H2,1-3H3/t5-/m0/s1. The van der Waals surface area contributed by atoms with Crippen molar-refractivity contribution >= 4 is 5.97 Å². The normalized spacial score (nSPS) is 27.7. The Balaban J connectivity index is 2.33. The molecule has 0 spiro atoms. The second kappa shape index (κ2) is 2.23. The van der Waals surface area contributed by atoms with Crippen LogP contribution in [0.3, 0.4) is 0 Å². The minimum atomic E-state index is -0.326. The summed E-state index contributed by atoms with van der Waals surface area (Å²) in [7, 11) is 0. The summed E-state index contributed by atoms with van der Waals surface area (Å²) in [6, 6.07) is 0. The number of carbonyl (C=O) groups is 1. The van der Waals surface area contributed by atoms with Gasteiger partial charge in [-0.15, -0.1) is 0 Å². The molecule has 1 atom stereocenters. The van der Waals surface area contributed by atoms with Crippen LogP contribution in [0.25, 0.3) is 0 Å². The molecular formula is C7H12O3. The van der Waals surface area contributed by atoms with Crippen molar-refractivity contribution < 1.29 is 14.3 Å². The van der Waals surface area contributed by atoms with Crippen molar-refractivity contribution in [2.24, 2.45) is 0 Å². The third-order valence-electron chi connectivity index (χ3n) is 1.50. The maximum Gasteiger partial charge on any atom is 0.338 e. The van der Waals surface area contributed by atoms with Gasteiger partial charge in [-0.25, -0.2) is 4.79 Å². The number of rotatable bonds is 2. The summed E-state index contributed by atoms with van der Waals surface area (Å²) in [5.74, 6) is -0.243. The lowest BCUT2D eigenvalue weighted by Crippen LogP contribution is -2.17. The van der Waals surface area contributed by atoms with Gasteiger partial charge < -0.3 is 9.47 Å². The van der Waals surface area contributed by atoms with Gasteiger partial charge in [-0.3, -0.25) is 0 Å². The average molecular weight is 144 g/mol. The second-order valence-corrected chi connectivity index (χ2v) is 2.85. The van der Waals surface area contributed by atoms with Crippen LogP contribution in [0.4, 0.5) is 0 Å². The van der Waals surface area contributed by atoms with Crippen LogP contribution in [0.2, 0.25) is 0 Å². The van der Waals surface area contributed by atoms with Crippen LogP contribution in [0.5, 0.6) is 0 Å². The molecule has 1 aliphatic heterocycles. The molecule has 3 heteroatoms. The van der Waals surface area contributed by atoms with E-state index in [9.17, 15) is 4.79 Å². The zero-order valence-corrected chi connectivity index (χ0v) is 6.51. The van der Waals surface area contributed by atoms with E-state index in [0.29, 0.717) is 6.61 Å². The number of carbonyl (C=O) groups excluding carboxylic acids is 1. The van der Waals surface area contributed by atoms with E-state index in [-0.39, 0.29) is 17.7 Å². The van der Waals surface area contributed by atoms with Crippen molar-refractivity contribution in [3.05, 3.63) is 0 Å². The van der Waals surface area contributed by atoms with E-state index < -0.39 is 0 Å². The van der Waals surface area contributed by atoms with Gasteiger partial charge in [0.25, 0.3) is 0 Å². The molecule has 0 saturated carbocycles. The Kier molecular flexibility index (Phi) is 1.68. The molecule has 0 aromatic rings. The Morgan fingerprint density at radius 2 is 2.20 bits per heavy atom. The summed E-state index contributed by atoms with van der Waals surface area (Å²) < 4.78 is 9.78. The van der Waals surface area contributed by atoms with Gasteiger partial charge >= 0.3 is 5.97 Å². The van der Waals surface area contributed by atoms with Gasteiger partial charge in [0.15, 0.2) is 6.10 Å². The van der Waals surface area contributed by atoms with E-state index in [1.54, 1.807) is 6.92 Å². The van der Waals surface area contributed by atoms with Crippen LogP contribution in [0, 0.1) is 0 Å². The summed E-state index contributed by atoms with van der Waals surface area (Å²) in [6.07, 6.45) is -0.326. The van der Waals surface area contributed by atoms with Gasteiger partial charge in [-0.2, -0.15) is 0 Å². The van der Waals surface area contributed by atoms with Crippen LogP contribution in [0.1, 0.15) is 20.8 Å². The van der Waals surface area contributed by atoms with Gasteiger partial charge in [0.2, 0.25) is 0 Å². The van der Waals surface area contributed by atoms with E-state index in [0.717, 1.165) is 0 Å². The molecular weight excluding hydrogens is 132 g/mol. The van der Waals surface area contributed by atoms with Gasteiger partial charge in [0.05, 0.1) is 6.61 Å². The highest BCUT2D eigenvalue weighted by molar-refractivity contribution is 5.79. The first kappa shape index (κ1) is 7.54. The maximum atomic E-state index is 10.9. The molecule has 0 unspecified atom stereocenters. The summed E-state index contributed by atoms with van der Waals surface area (Å²) in [6.45, 7) is 5.95. The highest BCUT2D eigenvalue weighted by atomic mass is 16.7. The molecule has 1 aliphatic rings. The van der Waals surface area contributed by atoms with Gasteiger partial charge in [0.1, 0.15) is 5.60 Å². The fourth-order valence-corrected chi connectivity index (χ4v) is 0.820. The zero-order chi connectivity index (χ0) is 7.78. The van der Waals surface area contributed by atoms with Gasteiger partial charge in [0, 0.05) is 0 Å². The quantitative estimate of drug-likeness (QED) is 0.423. The predicted molar refractivity (Wildman–Crippen MR) is 35.6 cm³/mol. The molecule has 1 rings (SSSR count). The highest BCUT2D eigenvalue weighted by Gasteiger charge is 2.54. The molecule has 0 aromatic carbocycles. The molecule has 10 heavy (non-hydrogen) atoms. The molecule has 1 heterocycles. The Morgan fingerprint density at radius 1 is 1.70 bits per heavy atom. The zero-order valence-electron chi connectivity index (χ0n) is 6.51. The van der Waals surface area contributed by atoms with Crippen molar-refractivity contribution in [1.29, 1.82) is 0 Å². The molecule has 0 bridgehead atoms. The predicted octanol–water partition coefficient (Wildman–Crippen LogP) is 0.727. The molecule has 0 N–H and O–H groups in total. The molecule has 58 valence electrons. The summed E-state index contributed by atoms with van der Waals surface area (Å²) in [4.78, 5) is 10.9. The molecule has 0 aromatic heterocycles. The third kappa shape index (κ3) is 1.29. The maximum absolute atomic E-state index is 10.9. The third-order valence-corrected chi connectivity index (χ3v) is 1.50. The Labute approximate surface area is 60.3 Å². The molecule has 1 saturated heterocycles. The van der Waals surface area contributed by atoms with Crippen molar-refractivity contribution in [2.75, 3.05) is 6.61 Å². The lowest BCUT2D eigenvalue weighted by molar-refractivity contribution is -0.144. The summed E-state index contributed by atoms with van der Waals surface area (Å²) in [5.41, 5.74) is -0.285. The second-order valence-electron chi connectivity index (χ2n) is 2.85. The monoisotopic (exact) mass is 144 g/mol. The number of hydrogen-bond acceptors (Lipinski definition) is 3. The van der Waals surface area contributed by atoms with Gasteiger partial charge in [-0.05, 0) is 20.8 Å². The fraction of sp³-hybridized carbons (Fsp3) is 0.857. The van der Waals surface area contributed by atoms with E-state index in [2.05, 4.69) is 0 Å². The van der Waals surface area contributed by atoms with Crippen LogP contribution in [-0.4, -0.2) is 24.3 Å². The summed E-state index contributed by atoms with van der Waals surface area (Å²) >= 11 is 0. The minimum Gasteiger partial charge on any atom is -0.464 e. The lowest BCUT2D eigenvalue weighted by atomic mass is 10.1. The van der Waals surface area contributed by atoms with E-state index in [1.165, 1.54) is 0 Å². The Morgan fingerprint density at radius 3 is 2.50 bits per heavy atom. The van der Waals surface area contributed by atoms with Crippen LogP contribution in [-0.2, 0) is 14.3 Å². The summed E-state index contributed by atoms with van der Waals surface area (Å²) in [5, 5.41) is 0. The first-order valence-electron chi connectivity index (χ1n) is 3.42. The van der Waals surface area contributed by atoms with Crippen LogP contribution < -0.4 is 0 Å². The van der Waals surface area contributed by atoms with E-state index in [4.69, 9.17) is 9.47 Å². The minimum absolute atomic E-state index is 0.243. The first-order valence-corrected chi connectivity index (χ1v) is 3.42.